The number of hydrogen-bond acceptors (Lipinski definition) is 4. The molecule has 1 aromatic rings. The van der Waals surface area contributed by atoms with Crippen LogP contribution in [-0.4, -0.2) is 41.7 Å². The number of carbonyl (C=O) groups is 2. The lowest BCUT2D eigenvalue weighted by Gasteiger charge is -2.36. The van der Waals surface area contributed by atoms with Crippen LogP contribution in [0.1, 0.15) is 24.9 Å². The Morgan fingerprint density at radius 1 is 1.48 bits per heavy atom. The molecule has 0 aliphatic carbocycles. The van der Waals surface area contributed by atoms with Crippen LogP contribution in [0, 0.1) is 17.2 Å². The van der Waals surface area contributed by atoms with Crippen molar-refractivity contribution in [3.8, 4) is 11.8 Å². The van der Waals surface area contributed by atoms with Gasteiger partial charge in [0.1, 0.15) is 5.75 Å². The number of nitrogens with zero attached hydrogens (tertiary/aromatic N) is 2. The van der Waals surface area contributed by atoms with Crippen LogP contribution in [0.2, 0.25) is 0 Å². The van der Waals surface area contributed by atoms with Gasteiger partial charge in [0.15, 0.2) is 0 Å². The van der Waals surface area contributed by atoms with Crippen LogP contribution in [0.25, 0.3) is 0 Å². The highest BCUT2D eigenvalue weighted by Crippen LogP contribution is 2.28. The van der Waals surface area contributed by atoms with E-state index in [9.17, 15) is 9.59 Å². The van der Waals surface area contributed by atoms with Gasteiger partial charge in [0, 0.05) is 18.7 Å². The van der Waals surface area contributed by atoms with Gasteiger partial charge in [0.05, 0.1) is 31.1 Å². The number of urea groups is 1. The molecule has 2 rings (SSSR count). The number of carbonyl (C=O) groups excluding carboxylic acids is 1. The minimum absolute atomic E-state index is 0.144. The smallest absolute Gasteiger partial charge is 0.317 e. The molecule has 0 spiro atoms. The molecule has 0 radical (unpaired) electrons. The predicted molar refractivity (Wildman–Crippen MR) is 81.8 cm³/mol. The van der Waals surface area contributed by atoms with Crippen LogP contribution in [0.3, 0.4) is 0 Å². The minimum Gasteiger partial charge on any atom is -0.494 e. The second-order valence-electron chi connectivity index (χ2n) is 5.30. The van der Waals surface area contributed by atoms with Gasteiger partial charge in [-0.15, -0.1) is 0 Å². The number of rotatable bonds is 6. The zero-order valence-corrected chi connectivity index (χ0v) is 12.9. The topological polar surface area (TPSA) is 103 Å². The molecular formula is C16H19N3O4. The summed E-state index contributed by atoms with van der Waals surface area (Å²) in [6.45, 7) is 3.02. The van der Waals surface area contributed by atoms with Crippen molar-refractivity contribution in [3.63, 3.8) is 0 Å². The first-order chi connectivity index (χ1) is 11.0. The summed E-state index contributed by atoms with van der Waals surface area (Å²) in [6, 6.07) is 8.09. The molecule has 0 saturated carbocycles. The Bertz CT molecular complexity index is 620. The van der Waals surface area contributed by atoms with Gasteiger partial charge in [0.25, 0.3) is 0 Å². The molecule has 7 heteroatoms. The predicted octanol–water partition coefficient (Wildman–Crippen LogP) is 1.77. The van der Waals surface area contributed by atoms with E-state index in [1.165, 1.54) is 4.90 Å². The Morgan fingerprint density at radius 3 is 2.78 bits per heavy atom. The lowest BCUT2D eigenvalue weighted by atomic mass is 10.0. The third-order valence-electron chi connectivity index (χ3n) is 3.62. The number of carboxylic acids is 1. The summed E-state index contributed by atoms with van der Waals surface area (Å²) < 4.78 is 5.52. The van der Waals surface area contributed by atoms with E-state index in [4.69, 9.17) is 15.1 Å². The highest BCUT2D eigenvalue weighted by Gasteiger charge is 2.32. The number of nitriles is 1. The molecule has 122 valence electrons. The summed E-state index contributed by atoms with van der Waals surface area (Å²) in [5, 5.41) is 20.6. The molecule has 1 atom stereocenters. The van der Waals surface area contributed by atoms with Gasteiger partial charge >= 0.3 is 12.0 Å². The average molecular weight is 317 g/mol. The summed E-state index contributed by atoms with van der Waals surface area (Å²) in [7, 11) is 0. The summed E-state index contributed by atoms with van der Waals surface area (Å²) in [6.07, 6.45) is -0.245. The van der Waals surface area contributed by atoms with Crippen LogP contribution >= 0.6 is 0 Å². The van der Waals surface area contributed by atoms with E-state index in [1.54, 1.807) is 24.3 Å². The number of nitrogens with one attached hydrogen (secondary N) is 1. The lowest BCUT2D eigenvalue weighted by molar-refractivity contribution is -0.137. The maximum absolute atomic E-state index is 12.2. The van der Waals surface area contributed by atoms with Crippen molar-refractivity contribution >= 4 is 12.0 Å². The van der Waals surface area contributed by atoms with Gasteiger partial charge in [0.2, 0.25) is 0 Å². The molecular weight excluding hydrogens is 298 g/mol. The number of para-hydroxylation sites is 1. The average Bonchev–Trinajstić information content (AvgIpc) is 2.46. The number of amides is 2. The quantitative estimate of drug-likeness (QED) is 0.832. The zero-order chi connectivity index (χ0) is 16.8. The zero-order valence-electron chi connectivity index (χ0n) is 12.9. The van der Waals surface area contributed by atoms with Crippen LogP contribution in [0.15, 0.2) is 24.3 Å². The Balaban J connectivity index is 2.13. The van der Waals surface area contributed by atoms with Crippen molar-refractivity contribution < 1.29 is 19.4 Å². The largest absolute Gasteiger partial charge is 0.494 e. The van der Waals surface area contributed by atoms with Crippen molar-refractivity contribution in [2.45, 2.75) is 19.4 Å². The monoisotopic (exact) mass is 317 g/mol. The first-order valence-electron chi connectivity index (χ1n) is 7.43. The van der Waals surface area contributed by atoms with Crippen LogP contribution in [0.4, 0.5) is 4.79 Å². The van der Waals surface area contributed by atoms with E-state index in [-0.39, 0.29) is 18.4 Å². The summed E-state index contributed by atoms with van der Waals surface area (Å²) in [4.78, 5) is 24.8. The molecule has 1 saturated heterocycles. The molecule has 1 aliphatic rings. The van der Waals surface area contributed by atoms with Gasteiger partial charge in [-0.2, -0.15) is 5.26 Å². The maximum Gasteiger partial charge on any atom is 0.317 e. The fraction of sp³-hybridized carbons (Fsp3) is 0.438. The minimum atomic E-state index is -1.01. The van der Waals surface area contributed by atoms with Crippen molar-refractivity contribution in [2.75, 3.05) is 19.7 Å². The highest BCUT2D eigenvalue weighted by molar-refractivity contribution is 5.77. The first kappa shape index (κ1) is 16.6. The summed E-state index contributed by atoms with van der Waals surface area (Å²) >= 11 is 0. The van der Waals surface area contributed by atoms with E-state index in [1.807, 2.05) is 6.92 Å². The Morgan fingerprint density at radius 2 is 2.17 bits per heavy atom. The summed E-state index contributed by atoms with van der Waals surface area (Å²) in [5.41, 5.74) is 0.627. The number of carboxylic acid groups (broad SMARTS) is 1. The fourth-order valence-corrected chi connectivity index (χ4v) is 2.44. The van der Waals surface area contributed by atoms with Crippen LogP contribution < -0.4 is 10.1 Å². The molecule has 1 aliphatic heterocycles. The van der Waals surface area contributed by atoms with E-state index in [2.05, 4.69) is 11.4 Å². The maximum atomic E-state index is 12.2. The molecule has 2 N–H and O–H groups in total. The second-order valence-corrected chi connectivity index (χ2v) is 5.30. The number of likely N-dealkylation sites (tertiary alicyclic amines) is 1. The number of ether oxygens (including phenoxy) is 1. The Kier molecular flexibility index (Phi) is 5.41. The van der Waals surface area contributed by atoms with E-state index in [0.29, 0.717) is 31.0 Å². The first-order valence-corrected chi connectivity index (χ1v) is 7.43. The standard InChI is InChI=1S/C16H19N3O4/c1-2-23-14-6-4-3-5-12(14)13(7-15(20)21)18-16(22)19-9-11(8-17)10-19/h3-6,11,13H,2,7,9-10H2,1H3,(H,18,22)(H,20,21)/t13-/m0/s1. The van der Waals surface area contributed by atoms with Gasteiger partial charge in [-0.1, -0.05) is 18.2 Å². The summed E-state index contributed by atoms with van der Waals surface area (Å²) in [5.74, 6) is -0.602. The fourth-order valence-electron chi connectivity index (χ4n) is 2.44. The number of aliphatic carboxylic acids is 1. The van der Waals surface area contributed by atoms with Crippen molar-refractivity contribution in [2.24, 2.45) is 5.92 Å². The molecule has 1 fully saturated rings. The molecule has 23 heavy (non-hydrogen) atoms. The van der Waals surface area contributed by atoms with Crippen molar-refractivity contribution in [3.05, 3.63) is 29.8 Å². The second kappa shape index (κ2) is 7.49. The molecule has 7 nitrogen and oxygen atoms in total. The number of benzene rings is 1. The van der Waals surface area contributed by atoms with Crippen LogP contribution in [-0.2, 0) is 4.79 Å². The Hall–Kier alpha value is -2.75. The molecule has 2 amide bonds. The SMILES string of the molecule is CCOc1ccccc1[C@H](CC(=O)O)NC(=O)N1CC(C#N)C1. The highest BCUT2D eigenvalue weighted by atomic mass is 16.5. The van der Waals surface area contributed by atoms with Crippen molar-refractivity contribution in [1.29, 1.82) is 5.26 Å². The molecule has 0 aromatic heterocycles. The molecule has 0 bridgehead atoms. The van der Waals surface area contributed by atoms with Gasteiger partial charge in [-0.3, -0.25) is 4.79 Å². The van der Waals surface area contributed by atoms with E-state index >= 15 is 0 Å². The third kappa shape index (κ3) is 4.13. The van der Waals surface area contributed by atoms with E-state index in [0.717, 1.165) is 0 Å². The van der Waals surface area contributed by atoms with E-state index < -0.39 is 12.0 Å². The Labute approximate surface area is 134 Å². The van der Waals surface area contributed by atoms with Gasteiger partial charge in [-0.05, 0) is 13.0 Å². The third-order valence-corrected chi connectivity index (χ3v) is 3.62. The van der Waals surface area contributed by atoms with Crippen LogP contribution in [0.5, 0.6) is 5.75 Å². The molecule has 0 unspecified atom stereocenters. The van der Waals surface area contributed by atoms with Gasteiger partial charge < -0.3 is 20.1 Å². The molecule has 1 aromatic carbocycles. The van der Waals surface area contributed by atoms with Gasteiger partial charge in [-0.25, -0.2) is 4.79 Å². The lowest BCUT2D eigenvalue weighted by Crippen LogP contribution is -2.54. The number of hydrogen-bond donors (Lipinski definition) is 2. The molecule has 1 heterocycles. The normalized spacial score (nSPS) is 15.2. The van der Waals surface area contributed by atoms with Crippen molar-refractivity contribution in [1.82, 2.24) is 10.2 Å².